The molecule has 6 rings (SSSR count). The third-order valence-corrected chi connectivity index (χ3v) is 9.66. The molecule has 0 spiro atoms. The lowest BCUT2D eigenvalue weighted by Crippen LogP contribution is -2.50. The van der Waals surface area contributed by atoms with Crippen molar-refractivity contribution in [2.45, 2.75) is 58.0 Å². The summed E-state index contributed by atoms with van der Waals surface area (Å²) in [5, 5.41) is 6.65. The van der Waals surface area contributed by atoms with E-state index >= 15 is 0 Å². The normalized spacial score (nSPS) is 23.0. The first-order valence-corrected chi connectivity index (χ1v) is 16.0. The SMILES string of the molecule is CC1(C)CCC(c2cc(C(=O)N3CCN(C(=O)c4cc(F)cc(N5CCNCC5)c4)CC3)cnc2O[C@H]2CCNC2)CC1. The Balaban J connectivity index is 1.13. The number of nitrogens with one attached hydrogen (secondary N) is 2. The Kier molecular flexibility index (Phi) is 8.86. The molecule has 1 aromatic heterocycles. The van der Waals surface area contributed by atoms with Gasteiger partial charge in [0.1, 0.15) is 11.9 Å². The molecule has 0 bridgehead atoms. The number of pyridine rings is 1. The lowest BCUT2D eigenvalue weighted by molar-refractivity contribution is 0.0535. The van der Waals surface area contributed by atoms with Crippen molar-refractivity contribution in [3.05, 3.63) is 53.0 Å². The van der Waals surface area contributed by atoms with Gasteiger partial charge in [-0.3, -0.25) is 9.59 Å². The molecule has 1 atom stereocenters. The van der Waals surface area contributed by atoms with Crippen LogP contribution in [0.4, 0.5) is 10.1 Å². The van der Waals surface area contributed by atoms with Gasteiger partial charge in [0.25, 0.3) is 11.8 Å². The van der Waals surface area contributed by atoms with E-state index in [1.807, 2.05) is 6.07 Å². The van der Waals surface area contributed by atoms with Gasteiger partial charge in [0.15, 0.2) is 0 Å². The predicted molar refractivity (Wildman–Crippen MR) is 164 cm³/mol. The number of amides is 2. The highest BCUT2D eigenvalue weighted by Crippen LogP contribution is 2.44. The number of anilines is 1. The fraction of sp³-hybridized carbons (Fsp3) is 0.606. The number of piperazine rings is 2. The Labute approximate surface area is 254 Å². The molecule has 3 saturated heterocycles. The number of aromatic nitrogens is 1. The van der Waals surface area contributed by atoms with Crippen LogP contribution in [-0.4, -0.2) is 98.1 Å². The summed E-state index contributed by atoms with van der Waals surface area (Å²) in [5.41, 5.74) is 3.05. The summed E-state index contributed by atoms with van der Waals surface area (Å²) in [7, 11) is 0. The zero-order valence-electron chi connectivity index (χ0n) is 25.5. The van der Waals surface area contributed by atoms with Crippen molar-refractivity contribution in [2.75, 3.05) is 70.3 Å². The van der Waals surface area contributed by atoms with Gasteiger partial charge < -0.3 is 30.1 Å². The average Bonchev–Trinajstić information content (AvgIpc) is 3.54. The maximum absolute atomic E-state index is 14.5. The number of nitrogens with zero attached hydrogens (tertiary/aromatic N) is 4. The number of rotatable bonds is 6. The standard InChI is InChI=1S/C33H45FN6O3/c1-33(2)6-3-23(4-7-33)29-19-25(21-37-30(29)43-28-5-8-36-22-28)32(42)40-15-13-39(14-16-40)31(41)24-17-26(34)20-27(18-24)38-11-9-35-10-12-38/h17-21,23,28,35-36H,3-16,22H2,1-2H3/t28-/m0/s1. The summed E-state index contributed by atoms with van der Waals surface area (Å²) in [6.45, 7) is 11.3. The molecule has 0 radical (unpaired) electrons. The van der Waals surface area contributed by atoms with E-state index < -0.39 is 5.82 Å². The van der Waals surface area contributed by atoms with Crippen molar-refractivity contribution in [3.63, 3.8) is 0 Å². The van der Waals surface area contributed by atoms with Crippen LogP contribution in [-0.2, 0) is 0 Å². The summed E-state index contributed by atoms with van der Waals surface area (Å²) in [4.78, 5) is 37.4. The van der Waals surface area contributed by atoms with Crippen molar-refractivity contribution in [3.8, 4) is 5.88 Å². The first-order chi connectivity index (χ1) is 20.8. The smallest absolute Gasteiger partial charge is 0.255 e. The molecule has 2 N–H and O–H groups in total. The van der Waals surface area contributed by atoms with E-state index in [-0.39, 0.29) is 17.9 Å². The van der Waals surface area contributed by atoms with Crippen LogP contribution in [0.2, 0.25) is 0 Å². The summed E-state index contributed by atoms with van der Waals surface area (Å²) in [6.07, 6.45) is 7.10. The van der Waals surface area contributed by atoms with E-state index in [4.69, 9.17) is 9.72 Å². The predicted octanol–water partition coefficient (Wildman–Crippen LogP) is 3.65. The Morgan fingerprint density at radius 3 is 2.19 bits per heavy atom. The van der Waals surface area contributed by atoms with Crippen molar-refractivity contribution in [1.29, 1.82) is 0 Å². The third-order valence-electron chi connectivity index (χ3n) is 9.66. The molecule has 10 heteroatoms. The molecule has 9 nitrogen and oxygen atoms in total. The van der Waals surface area contributed by atoms with Crippen molar-refractivity contribution >= 4 is 17.5 Å². The molecular formula is C33H45FN6O3. The average molecular weight is 593 g/mol. The Hall–Kier alpha value is -3.24. The summed E-state index contributed by atoms with van der Waals surface area (Å²) < 4.78 is 20.9. The molecule has 232 valence electrons. The second-order valence-corrected chi connectivity index (χ2v) is 13.3. The number of hydrogen-bond donors (Lipinski definition) is 2. The van der Waals surface area contributed by atoms with Crippen molar-refractivity contribution < 1.29 is 18.7 Å². The fourth-order valence-electron chi connectivity index (χ4n) is 6.86. The summed E-state index contributed by atoms with van der Waals surface area (Å²) in [6, 6.07) is 6.61. The molecule has 1 aromatic carbocycles. The molecule has 2 amide bonds. The van der Waals surface area contributed by atoms with Gasteiger partial charge in [-0.1, -0.05) is 13.8 Å². The van der Waals surface area contributed by atoms with Gasteiger partial charge in [-0.25, -0.2) is 9.37 Å². The second-order valence-electron chi connectivity index (χ2n) is 13.3. The van der Waals surface area contributed by atoms with E-state index in [0.29, 0.717) is 54.5 Å². The third kappa shape index (κ3) is 6.96. The largest absolute Gasteiger partial charge is 0.473 e. The van der Waals surface area contributed by atoms with Gasteiger partial charge in [-0.2, -0.15) is 0 Å². The zero-order chi connectivity index (χ0) is 30.0. The summed E-state index contributed by atoms with van der Waals surface area (Å²) >= 11 is 0. The van der Waals surface area contributed by atoms with Gasteiger partial charge in [0, 0.05) is 81.9 Å². The Bertz CT molecular complexity index is 1310. The van der Waals surface area contributed by atoms with Crippen LogP contribution in [0.25, 0.3) is 0 Å². The molecule has 4 heterocycles. The monoisotopic (exact) mass is 592 g/mol. The van der Waals surface area contributed by atoms with Gasteiger partial charge >= 0.3 is 0 Å². The summed E-state index contributed by atoms with van der Waals surface area (Å²) in [5.74, 6) is 0.313. The molecule has 3 aliphatic heterocycles. The van der Waals surface area contributed by atoms with E-state index in [1.54, 1.807) is 22.1 Å². The van der Waals surface area contributed by atoms with Gasteiger partial charge in [-0.15, -0.1) is 0 Å². The highest BCUT2D eigenvalue weighted by molar-refractivity contribution is 5.96. The van der Waals surface area contributed by atoms with Crippen molar-refractivity contribution in [1.82, 2.24) is 25.4 Å². The first kappa shape index (κ1) is 29.8. The molecule has 1 saturated carbocycles. The van der Waals surface area contributed by atoms with Crippen LogP contribution in [0, 0.1) is 11.2 Å². The quantitative estimate of drug-likeness (QED) is 0.529. The van der Waals surface area contributed by atoms with Gasteiger partial charge in [0.2, 0.25) is 5.88 Å². The molecule has 2 aromatic rings. The Morgan fingerprint density at radius 1 is 0.860 bits per heavy atom. The van der Waals surface area contributed by atoms with Crippen LogP contribution in [0.1, 0.15) is 78.1 Å². The van der Waals surface area contributed by atoms with Crippen molar-refractivity contribution in [2.24, 2.45) is 5.41 Å². The maximum atomic E-state index is 14.5. The molecular weight excluding hydrogens is 547 g/mol. The molecule has 43 heavy (non-hydrogen) atoms. The number of halogens is 1. The minimum atomic E-state index is -0.408. The van der Waals surface area contributed by atoms with Crippen LogP contribution >= 0.6 is 0 Å². The molecule has 1 aliphatic carbocycles. The van der Waals surface area contributed by atoms with E-state index in [9.17, 15) is 14.0 Å². The lowest BCUT2D eigenvalue weighted by atomic mass is 9.71. The van der Waals surface area contributed by atoms with E-state index in [1.165, 1.54) is 12.1 Å². The maximum Gasteiger partial charge on any atom is 0.255 e. The topological polar surface area (TPSA) is 90.0 Å². The number of ether oxygens (including phenoxy) is 1. The Morgan fingerprint density at radius 2 is 1.53 bits per heavy atom. The van der Waals surface area contributed by atoms with Crippen LogP contribution in [0.15, 0.2) is 30.5 Å². The lowest BCUT2D eigenvalue weighted by Gasteiger charge is -2.36. The van der Waals surface area contributed by atoms with E-state index in [0.717, 1.165) is 82.6 Å². The fourth-order valence-corrected chi connectivity index (χ4v) is 6.86. The minimum absolute atomic E-state index is 0.0715. The number of benzene rings is 1. The highest BCUT2D eigenvalue weighted by atomic mass is 19.1. The minimum Gasteiger partial charge on any atom is -0.473 e. The van der Waals surface area contributed by atoms with Crippen LogP contribution in [0.5, 0.6) is 5.88 Å². The number of hydrogen-bond acceptors (Lipinski definition) is 7. The van der Waals surface area contributed by atoms with Crippen LogP contribution < -0.4 is 20.3 Å². The molecule has 4 fully saturated rings. The highest BCUT2D eigenvalue weighted by Gasteiger charge is 2.32. The zero-order valence-corrected chi connectivity index (χ0v) is 25.5. The van der Waals surface area contributed by atoms with E-state index in [2.05, 4.69) is 29.4 Å². The van der Waals surface area contributed by atoms with Crippen LogP contribution in [0.3, 0.4) is 0 Å². The number of carbonyl (C=O) groups is 2. The second kappa shape index (κ2) is 12.8. The molecule has 0 unspecified atom stereocenters. The number of carbonyl (C=O) groups excluding carboxylic acids is 2. The van der Waals surface area contributed by atoms with Gasteiger partial charge in [-0.05, 0) is 74.2 Å². The van der Waals surface area contributed by atoms with Gasteiger partial charge in [0.05, 0.1) is 5.56 Å². The molecule has 4 aliphatic rings. The first-order valence-electron chi connectivity index (χ1n) is 16.0.